The van der Waals surface area contributed by atoms with E-state index in [1.807, 2.05) is 19.1 Å². The number of nitrogens with one attached hydrogen (secondary N) is 1. The lowest BCUT2D eigenvalue weighted by molar-refractivity contribution is -0.142. The summed E-state index contributed by atoms with van der Waals surface area (Å²) in [5.74, 6) is -1.53. The Morgan fingerprint density at radius 1 is 1.38 bits per heavy atom. The van der Waals surface area contributed by atoms with Crippen LogP contribution in [0.25, 0.3) is 0 Å². The van der Waals surface area contributed by atoms with Crippen molar-refractivity contribution in [3.8, 4) is 0 Å². The van der Waals surface area contributed by atoms with Gasteiger partial charge < -0.3 is 15.2 Å². The van der Waals surface area contributed by atoms with Crippen LogP contribution in [0.5, 0.6) is 0 Å². The lowest BCUT2D eigenvalue weighted by atomic mass is 9.93. The van der Waals surface area contributed by atoms with Gasteiger partial charge in [0.1, 0.15) is 6.04 Å². The van der Waals surface area contributed by atoms with Crippen LogP contribution >= 0.6 is 0 Å². The molecule has 1 saturated heterocycles. The van der Waals surface area contributed by atoms with Crippen LogP contribution in [0.15, 0.2) is 24.3 Å². The van der Waals surface area contributed by atoms with Gasteiger partial charge in [-0.05, 0) is 37.0 Å². The molecule has 2 unspecified atom stereocenters. The van der Waals surface area contributed by atoms with Crippen LogP contribution in [0.3, 0.4) is 0 Å². The van der Waals surface area contributed by atoms with Crippen molar-refractivity contribution in [3.05, 3.63) is 35.4 Å². The lowest BCUT2D eigenvalue weighted by Crippen LogP contribution is -2.48. The van der Waals surface area contributed by atoms with Gasteiger partial charge in [0.05, 0.1) is 6.61 Å². The average molecular weight is 291 g/mol. The number of aryl methyl sites for hydroxylation is 1. The molecule has 1 aromatic carbocycles. The second-order valence-corrected chi connectivity index (χ2v) is 5.32. The summed E-state index contributed by atoms with van der Waals surface area (Å²) in [7, 11) is 0. The molecule has 2 rings (SSSR count). The zero-order valence-corrected chi connectivity index (χ0v) is 12.2. The molecule has 5 nitrogen and oxygen atoms in total. The number of hydrogen-bond acceptors (Lipinski definition) is 3. The summed E-state index contributed by atoms with van der Waals surface area (Å²) in [6.07, 6.45) is 2.49. The Hall–Kier alpha value is -1.88. The molecule has 1 fully saturated rings. The van der Waals surface area contributed by atoms with Crippen molar-refractivity contribution in [2.24, 2.45) is 5.92 Å². The zero-order valence-electron chi connectivity index (χ0n) is 12.2. The number of hydrogen-bond donors (Lipinski definition) is 2. The average Bonchev–Trinajstić information content (AvgIpc) is 2.53. The van der Waals surface area contributed by atoms with Gasteiger partial charge in [-0.25, -0.2) is 4.79 Å². The van der Waals surface area contributed by atoms with Gasteiger partial charge in [0.25, 0.3) is 5.91 Å². The lowest BCUT2D eigenvalue weighted by Gasteiger charge is -2.28. The van der Waals surface area contributed by atoms with Crippen molar-refractivity contribution in [1.29, 1.82) is 0 Å². The van der Waals surface area contributed by atoms with Crippen molar-refractivity contribution in [2.75, 3.05) is 13.2 Å². The fourth-order valence-electron chi connectivity index (χ4n) is 2.53. The van der Waals surface area contributed by atoms with E-state index in [9.17, 15) is 14.7 Å². The molecule has 1 aromatic rings. The van der Waals surface area contributed by atoms with Crippen LogP contribution in [-0.4, -0.2) is 36.2 Å². The van der Waals surface area contributed by atoms with Crippen molar-refractivity contribution in [3.63, 3.8) is 0 Å². The van der Waals surface area contributed by atoms with Crippen LogP contribution in [0.4, 0.5) is 0 Å². The number of amides is 1. The monoisotopic (exact) mass is 291 g/mol. The molecule has 1 heterocycles. The fourth-order valence-corrected chi connectivity index (χ4v) is 2.53. The van der Waals surface area contributed by atoms with Crippen LogP contribution in [-0.2, 0) is 16.0 Å². The normalized spacial score (nSPS) is 19.8. The smallest absolute Gasteiger partial charge is 0.326 e. The first-order chi connectivity index (χ1) is 10.1. The van der Waals surface area contributed by atoms with E-state index in [1.54, 1.807) is 12.1 Å². The standard InChI is InChI=1S/C16H21NO4/c1-2-11-5-7-12(8-6-11)15(18)17-14(16(19)20)13-4-3-9-21-10-13/h5-8,13-14H,2-4,9-10H2,1H3,(H,17,18)(H,19,20). The summed E-state index contributed by atoms with van der Waals surface area (Å²) in [6.45, 7) is 3.08. The summed E-state index contributed by atoms with van der Waals surface area (Å²) in [4.78, 5) is 23.6. The molecule has 0 saturated carbocycles. The molecule has 2 atom stereocenters. The topological polar surface area (TPSA) is 75.6 Å². The minimum absolute atomic E-state index is 0.171. The molecule has 0 aliphatic carbocycles. The quantitative estimate of drug-likeness (QED) is 0.868. The number of ether oxygens (including phenoxy) is 1. The third kappa shape index (κ3) is 4.04. The summed E-state index contributed by atoms with van der Waals surface area (Å²) in [6, 6.07) is 6.32. The number of carbonyl (C=O) groups excluding carboxylic acids is 1. The Kier molecular flexibility index (Phi) is 5.33. The van der Waals surface area contributed by atoms with Crippen molar-refractivity contribution in [2.45, 2.75) is 32.2 Å². The number of carbonyl (C=O) groups is 2. The van der Waals surface area contributed by atoms with Gasteiger partial charge in [-0.3, -0.25) is 4.79 Å². The van der Waals surface area contributed by atoms with Gasteiger partial charge in [0, 0.05) is 18.1 Å². The predicted molar refractivity (Wildman–Crippen MR) is 78.3 cm³/mol. The number of rotatable bonds is 5. The van der Waals surface area contributed by atoms with E-state index in [2.05, 4.69) is 5.32 Å². The Bertz CT molecular complexity index is 492. The molecule has 114 valence electrons. The van der Waals surface area contributed by atoms with Gasteiger partial charge in [-0.1, -0.05) is 19.1 Å². The highest BCUT2D eigenvalue weighted by molar-refractivity contribution is 5.96. The van der Waals surface area contributed by atoms with E-state index in [-0.39, 0.29) is 11.8 Å². The largest absolute Gasteiger partial charge is 0.480 e. The summed E-state index contributed by atoms with van der Waals surface area (Å²) >= 11 is 0. The zero-order chi connectivity index (χ0) is 15.2. The summed E-state index contributed by atoms with van der Waals surface area (Å²) in [5, 5.41) is 12.0. The van der Waals surface area contributed by atoms with E-state index in [1.165, 1.54) is 0 Å². The second kappa shape index (κ2) is 7.22. The minimum Gasteiger partial charge on any atom is -0.480 e. The van der Waals surface area contributed by atoms with Crippen molar-refractivity contribution < 1.29 is 19.4 Å². The van der Waals surface area contributed by atoms with Crippen LogP contribution < -0.4 is 5.32 Å². The van der Waals surface area contributed by atoms with E-state index in [4.69, 9.17) is 4.74 Å². The molecule has 2 N–H and O–H groups in total. The number of carboxylic acids is 1. The van der Waals surface area contributed by atoms with Crippen LogP contribution in [0, 0.1) is 5.92 Å². The fraction of sp³-hybridized carbons (Fsp3) is 0.500. The number of aliphatic carboxylic acids is 1. The van der Waals surface area contributed by atoms with Gasteiger partial charge in [0.15, 0.2) is 0 Å². The Morgan fingerprint density at radius 3 is 2.62 bits per heavy atom. The third-order valence-corrected chi connectivity index (χ3v) is 3.84. The maximum absolute atomic E-state index is 12.2. The first-order valence-corrected chi connectivity index (χ1v) is 7.32. The van der Waals surface area contributed by atoms with Gasteiger partial charge >= 0.3 is 5.97 Å². The van der Waals surface area contributed by atoms with Crippen molar-refractivity contribution in [1.82, 2.24) is 5.32 Å². The Balaban J connectivity index is 2.04. The summed E-state index contributed by atoms with van der Waals surface area (Å²) in [5.41, 5.74) is 1.62. The highest BCUT2D eigenvalue weighted by atomic mass is 16.5. The van der Waals surface area contributed by atoms with E-state index in [0.29, 0.717) is 18.8 Å². The van der Waals surface area contributed by atoms with Gasteiger partial charge in [-0.2, -0.15) is 0 Å². The highest BCUT2D eigenvalue weighted by Crippen LogP contribution is 2.18. The van der Waals surface area contributed by atoms with E-state index < -0.39 is 12.0 Å². The SMILES string of the molecule is CCc1ccc(C(=O)NC(C(=O)O)C2CCCOC2)cc1. The highest BCUT2D eigenvalue weighted by Gasteiger charge is 2.31. The third-order valence-electron chi connectivity index (χ3n) is 3.84. The number of benzene rings is 1. The Morgan fingerprint density at radius 2 is 2.10 bits per heavy atom. The molecule has 0 bridgehead atoms. The van der Waals surface area contributed by atoms with Gasteiger partial charge in [0.2, 0.25) is 0 Å². The molecule has 1 amide bonds. The maximum atomic E-state index is 12.2. The molecule has 0 spiro atoms. The van der Waals surface area contributed by atoms with Crippen LogP contribution in [0.1, 0.15) is 35.7 Å². The summed E-state index contributed by atoms with van der Waals surface area (Å²) < 4.78 is 5.32. The molecule has 0 radical (unpaired) electrons. The van der Waals surface area contributed by atoms with Gasteiger partial charge in [-0.15, -0.1) is 0 Å². The number of carboxylic acid groups (broad SMARTS) is 1. The Labute approximate surface area is 124 Å². The predicted octanol–water partition coefficient (Wildman–Crippen LogP) is 1.86. The molecular formula is C16H21NO4. The second-order valence-electron chi connectivity index (χ2n) is 5.32. The first-order valence-electron chi connectivity index (χ1n) is 7.32. The molecule has 21 heavy (non-hydrogen) atoms. The maximum Gasteiger partial charge on any atom is 0.326 e. The minimum atomic E-state index is -1.01. The van der Waals surface area contributed by atoms with E-state index in [0.717, 1.165) is 24.8 Å². The molecular weight excluding hydrogens is 270 g/mol. The molecule has 1 aliphatic heterocycles. The molecule has 5 heteroatoms. The van der Waals surface area contributed by atoms with Crippen molar-refractivity contribution >= 4 is 11.9 Å². The van der Waals surface area contributed by atoms with Crippen LogP contribution in [0.2, 0.25) is 0 Å². The first kappa shape index (κ1) is 15.5. The van der Waals surface area contributed by atoms with E-state index >= 15 is 0 Å². The molecule has 0 aromatic heterocycles. The molecule has 1 aliphatic rings.